The smallest absolute Gasteiger partial charge is 0.251 e. The molecular formula is C23H30ClN3O3S2. The van der Waals surface area contributed by atoms with Crippen LogP contribution in [0.25, 0.3) is 11.1 Å². The number of nitrogens with one attached hydrogen (secondary N) is 1. The lowest BCUT2D eigenvalue weighted by Crippen LogP contribution is -2.40. The second-order valence-electron chi connectivity index (χ2n) is 8.15. The first kappa shape index (κ1) is 26.3. The maximum atomic E-state index is 12.9. The molecule has 0 aliphatic carbocycles. The number of rotatable bonds is 6. The highest BCUT2D eigenvalue weighted by molar-refractivity contribution is 7.91. The molecule has 9 heteroatoms. The number of nitrogens with zero attached hydrogens (tertiary/aromatic N) is 2. The number of hydrogen-bond donors (Lipinski definition) is 1. The minimum atomic E-state index is -3.64. The zero-order valence-electron chi connectivity index (χ0n) is 19.5. The second-order valence-corrected chi connectivity index (χ2v) is 11.6. The van der Waals surface area contributed by atoms with E-state index >= 15 is 0 Å². The van der Waals surface area contributed by atoms with E-state index in [0.29, 0.717) is 34.1 Å². The molecule has 0 atom stereocenters. The van der Waals surface area contributed by atoms with Gasteiger partial charge in [-0.2, -0.15) is 0 Å². The summed E-state index contributed by atoms with van der Waals surface area (Å²) < 4.78 is 30.6. The highest BCUT2D eigenvalue weighted by atomic mass is 35.5. The van der Waals surface area contributed by atoms with Gasteiger partial charge in [-0.05, 0) is 51.8 Å². The molecule has 3 aromatic rings. The summed E-state index contributed by atoms with van der Waals surface area (Å²) in [5.41, 5.74) is 2.21. The van der Waals surface area contributed by atoms with Crippen molar-refractivity contribution in [3.8, 4) is 11.1 Å². The fourth-order valence-electron chi connectivity index (χ4n) is 3.17. The summed E-state index contributed by atoms with van der Waals surface area (Å²) in [7, 11) is -3.64. The number of benzene rings is 1. The Morgan fingerprint density at radius 2 is 1.75 bits per heavy atom. The number of imidazole rings is 1. The van der Waals surface area contributed by atoms with Gasteiger partial charge in [0.2, 0.25) is 0 Å². The van der Waals surface area contributed by atoms with Crippen molar-refractivity contribution in [2.24, 2.45) is 0 Å². The molecule has 2 heterocycles. The molecule has 0 saturated heterocycles. The molecule has 1 aromatic carbocycles. The number of aryl methyl sites for hydroxylation is 2. The van der Waals surface area contributed by atoms with E-state index in [1.807, 2.05) is 71.9 Å². The predicted octanol–water partition coefficient (Wildman–Crippen LogP) is 5.85. The highest BCUT2D eigenvalue weighted by Gasteiger charge is 2.27. The van der Waals surface area contributed by atoms with E-state index < -0.39 is 15.6 Å². The first-order valence-corrected chi connectivity index (χ1v) is 13.0. The average molecular weight is 496 g/mol. The van der Waals surface area contributed by atoms with Crippen LogP contribution in [0.3, 0.4) is 0 Å². The Bertz CT molecular complexity index is 1190. The summed E-state index contributed by atoms with van der Waals surface area (Å²) in [5, 5.41) is 0.189. The number of halogens is 1. The van der Waals surface area contributed by atoms with E-state index in [0.717, 1.165) is 16.0 Å². The summed E-state index contributed by atoms with van der Waals surface area (Å²) in [6, 6.07) is 9.50. The van der Waals surface area contributed by atoms with Crippen molar-refractivity contribution in [3.05, 3.63) is 57.4 Å². The molecule has 0 radical (unpaired) electrons. The zero-order valence-corrected chi connectivity index (χ0v) is 21.9. The predicted molar refractivity (Wildman–Crippen MR) is 132 cm³/mol. The first-order valence-electron chi connectivity index (χ1n) is 10.3. The van der Waals surface area contributed by atoms with Crippen molar-refractivity contribution >= 4 is 39.2 Å². The fraction of sp³-hybridized carbons (Fsp3) is 0.391. The van der Waals surface area contributed by atoms with Crippen LogP contribution in [0.1, 0.15) is 61.4 Å². The Labute approximate surface area is 199 Å². The van der Waals surface area contributed by atoms with Gasteiger partial charge in [0.1, 0.15) is 15.7 Å². The van der Waals surface area contributed by atoms with Gasteiger partial charge < -0.3 is 4.57 Å². The van der Waals surface area contributed by atoms with Gasteiger partial charge in [0.05, 0.1) is 0 Å². The quantitative estimate of drug-likeness (QED) is 0.435. The van der Waals surface area contributed by atoms with Crippen LogP contribution in [-0.2, 0) is 16.6 Å². The van der Waals surface area contributed by atoms with Gasteiger partial charge in [-0.1, -0.05) is 49.7 Å². The summed E-state index contributed by atoms with van der Waals surface area (Å²) in [5.74, 6) is 0.654. The Morgan fingerprint density at radius 1 is 1.16 bits per heavy atom. The van der Waals surface area contributed by atoms with Crippen LogP contribution in [0.4, 0.5) is 0 Å². The monoisotopic (exact) mass is 495 g/mol. The van der Waals surface area contributed by atoms with Crippen molar-refractivity contribution < 1.29 is 13.2 Å². The molecule has 174 valence electrons. The van der Waals surface area contributed by atoms with Gasteiger partial charge in [-0.3, -0.25) is 4.79 Å². The molecule has 6 nitrogen and oxygen atoms in total. The maximum Gasteiger partial charge on any atom is 0.251 e. The van der Waals surface area contributed by atoms with Crippen molar-refractivity contribution in [1.82, 2.24) is 14.3 Å². The molecule has 0 bridgehead atoms. The molecule has 0 unspecified atom stereocenters. The third-order valence-corrected chi connectivity index (χ3v) is 8.00. The second kappa shape index (κ2) is 10.3. The van der Waals surface area contributed by atoms with Gasteiger partial charge in [0.15, 0.2) is 11.4 Å². The third-order valence-electron chi connectivity index (χ3n) is 4.38. The Morgan fingerprint density at radius 3 is 2.28 bits per heavy atom. The van der Waals surface area contributed by atoms with Crippen molar-refractivity contribution in [2.75, 3.05) is 0 Å². The number of thiophene rings is 1. The molecule has 3 rings (SSSR count). The minimum Gasteiger partial charge on any atom is -0.320 e. The van der Waals surface area contributed by atoms with Gasteiger partial charge in [0, 0.05) is 22.5 Å². The SMILES string of the molecule is CC.Cc1cc(-c2ccc(Cn3c(C)nc(Cl)c3C=O)cc2)c(S(=O)(=O)NC(C)(C)C)s1. The largest absolute Gasteiger partial charge is 0.320 e. The Balaban J connectivity index is 0.00000176. The topological polar surface area (TPSA) is 81.1 Å². The normalized spacial score (nSPS) is 11.8. The molecule has 0 spiro atoms. The van der Waals surface area contributed by atoms with E-state index in [1.165, 1.54) is 11.3 Å². The van der Waals surface area contributed by atoms with E-state index in [2.05, 4.69) is 9.71 Å². The average Bonchev–Trinajstić information content (AvgIpc) is 3.22. The number of aromatic nitrogens is 2. The van der Waals surface area contributed by atoms with Crippen LogP contribution in [-0.4, -0.2) is 29.8 Å². The Hall–Kier alpha value is -2.00. The lowest BCUT2D eigenvalue weighted by Gasteiger charge is -2.20. The molecule has 2 aromatic heterocycles. The number of carbonyl (C=O) groups is 1. The van der Waals surface area contributed by atoms with Crippen LogP contribution in [0, 0.1) is 13.8 Å². The first-order chi connectivity index (χ1) is 14.9. The maximum absolute atomic E-state index is 12.9. The van der Waals surface area contributed by atoms with Gasteiger partial charge in [-0.15, -0.1) is 11.3 Å². The zero-order chi connectivity index (χ0) is 24.3. The lowest BCUT2D eigenvalue weighted by molar-refractivity contribution is 0.111. The Kier molecular flexibility index (Phi) is 8.44. The molecule has 0 amide bonds. The molecule has 0 aliphatic heterocycles. The standard InChI is InChI=1S/C21H24ClN3O3S2.C2H6/c1-13-10-17(20(29-13)30(27,28)24-21(3,4)5)16-8-6-15(7-9-16)11-25-14(2)23-19(22)18(25)12-26;1-2/h6-10,12,24H,11H2,1-5H3;1-2H3. The van der Waals surface area contributed by atoms with Crippen molar-refractivity contribution in [3.63, 3.8) is 0 Å². The van der Waals surface area contributed by atoms with Crippen LogP contribution < -0.4 is 4.72 Å². The third kappa shape index (κ3) is 6.07. The minimum absolute atomic E-state index is 0.189. The van der Waals surface area contributed by atoms with E-state index in [4.69, 9.17) is 11.6 Å². The number of aldehydes is 1. The molecular weight excluding hydrogens is 466 g/mol. The fourth-order valence-corrected chi connectivity index (χ4v) is 6.52. The van der Waals surface area contributed by atoms with Gasteiger partial charge >= 0.3 is 0 Å². The number of hydrogen-bond acceptors (Lipinski definition) is 5. The van der Waals surface area contributed by atoms with E-state index in [9.17, 15) is 13.2 Å². The number of sulfonamides is 1. The summed E-state index contributed by atoms with van der Waals surface area (Å²) >= 11 is 7.26. The van der Waals surface area contributed by atoms with Crippen LogP contribution in [0.5, 0.6) is 0 Å². The van der Waals surface area contributed by atoms with Gasteiger partial charge in [0.25, 0.3) is 10.0 Å². The summed E-state index contributed by atoms with van der Waals surface area (Å²) in [4.78, 5) is 16.4. The van der Waals surface area contributed by atoms with Gasteiger partial charge in [-0.25, -0.2) is 18.1 Å². The molecule has 0 fully saturated rings. The molecule has 0 aliphatic rings. The molecule has 32 heavy (non-hydrogen) atoms. The molecule has 0 saturated carbocycles. The van der Waals surface area contributed by atoms with Crippen molar-refractivity contribution in [1.29, 1.82) is 0 Å². The van der Waals surface area contributed by atoms with E-state index in [-0.39, 0.29) is 5.15 Å². The van der Waals surface area contributed by atoms with Crippen LogP contribution >= 0.6 is 22.9 Å². The number of carbonyl (C=O) groups excluding carboxylic acids is 1. The lowest BCUT2D eigenvalue weighted by atomic mass is 10.1. The van der Waals surface area contributed by atoms with Crippen molar-refractivity contribution in [2.45, 2.75) is 64.8 Å². The van der Waals surface area contributed by atoms with Crippen LogP contribution in [0.2, 0.25) is 5.15 Å². The van der Waals surface area contributed by atoms with E-state index in [1.54, 1.807) is 11.5 Å². The summed E-state index contributed by atoms with van der Waals surface area (Å²) in [6.45, 7) is 13.6. The molecule has 1 N–H and O–H groups in total. The summed E-state index contributed by atoms with van der Waals surface area (Å²) in [6.07, 6.45) is 0.699. The highest BCUT2D eigenvalue weighted by Crippen LogP contribution is 2.35. The van der Waals surface area contributed by atoms with Crippen LogP contribution in [0.15, 0.2) is 34.5 Å².